The van der Waals surface area contributed by atoms with Gasteiger partial charge in [-0.05, 0) is 18.7 Å². The van der Waals surface area contributed by atoms with Crippen LogP contribution in [0.2, 0.25) is 0 Å². The van der Waals surface area contributed by atoms with Crippen LogP contribution in [0.3, 0.4) is 0 Å². The number of rotatable bonds is 6. The zero-order valence-corrected chi connectivity index (χ0v) is 11.5. The summed E-state index contributed by atoms with van der Waals surface area (Å²) in [7, 11) is 5.52. The molecule has 0 fully saturated rings. The molecule has 18 heavy (non-hydrogen) atoms. The molecule has 0 aromatic carbocycles. The predicted octanol–water partition coefficient (Wildman–Crippen LogP) is 0.937. The lowest BCUT2D eigenvalue weighted by Gasteiger charge is -2.20. The van der Waals surface area contributed by atoms with Crippen molar-refractivity contribution in [3.63, 3.8) is 0 Å². The van der Waals surface area contributed by atoms with E-state index in [0.717, 1.165) is 24.5 Å². The molecule has 1 aromatic heterocycles. The van der Waals surface area contributed by atoms with Crippen LogP contribution in [0.5, 0.6) is 0 Å². The molecule has 0 spiro atoms. The van der Waals surface area contributed by atoms with Gasteiger partial charge in [0, 0.05) is 39.3 Å². The topological polar surface area (TPSA) is 57.3 Å². The molecule has 0 aliphatic carbocycles. The molecule has 0 aliphatic rings. The first kappa shape index (κ1) is 14.4. The van der Waals surface area contributed by atoms with Gasteiger partial charge in [-0.15, -0.1) is 0 Å². The molecule has 1 rings (SSSR count). The van der Waals surface area contributed by atoms with E-state index in [-0.39, 0.29) is 11.8 Å². The Bertz CT molecular complexity index is 377. The summed E-state index contributed by atoms with van der Waals surface area (Å²) in [5.74, 6) is 0.926. The third-order valence-electron chi connectivity index (χ3n) is 2.81. The highest BCUT2D eigenvalue weighted by Crippen LogP contribution is 2.08. The lowest BCUT2D eigenvalue weighted by Crippen LogP contribution is -2.34. The number of nitrogens with one attached hydrogen (secondary N) is 2. The molecule has 0 saturated heterocycles. The Morgan fingerprint density at radius 1 is 1.44 bits per heavy atom. The maximum atomic E-state index is 11.4. The molecule has 1 atom stereocenters. The van der Waals surface area contributed by atoms with Crippen LogP contribution in [0.1, 0.15) is 12.5 Å². The monoisotopic (exact) mass is 250 g/mol. The highest BCUT2D eigenvalue weighted by molar-refractivity contribution is 5.78. The molecule has 1 amide bonds. The van der Waals surface area contributed by atoms with Crippen LogP contribution in [0, 0.1) is 5.92 Å². The maximum Gasteiger partial charge on any atom is 0.223 e. The fraction of sp³-hybridized carbons (Fsp3) is 0.538. The minimum Gasteiger partial charge on any atom is -0.373 e. The normalized spacial score (nSPS) is 12.3. The molecule has 5 nitrogen and oxygen atoms in total. The van der Waals surface area contributed by atoms with Crippen molar-refractivity contribution >= 4 is 11.7 Å². The molecule has 0 bridgehead atoms. The molecule has 0 aliphatic heterocycles. The van der Waals surface area contributed by atoms with E-state index in [2.05, 4.69) is 20.5 Å². The van der Waals surface area contributed by atoms with Crippen molar-refractivity contribution in [3.05, 3.63) is 23.9 Å². The van der Waals surface area contributed by atoms with Gasteiger partial charge in [0.1, 0.15) is 5.82 Å². The number of hydrogen-bond acceptors (Lipinski definition) is 4. The summed E-state index contributed by atoms with van der Waals surface area (Å²) in [4.78, 5) is 17.8. The number of amides is 1. The second-order valence-corrected chi connectivity index (χ2v) is 4.51. The van der Waals surface area contributed by atoms with Gasteiger partial charge in [0.2, 0.25) is 5.91 Å². The van der Waals surface area contributed by atoms with Crippen LogP contribution in [-0.4, -0.2) is 43.5 Å². The Balaban J connectivity index is 2.48. The smallest absolute Gasteiger partial charge is 0.223 e. The van der Waals surface area contributed by atoms with Gasteiger partial charge in [0.05, 0.1) is 0 Å². The fourth-order valence-electron chi connectivity index (χ4n) is 1.84. The zero-order chi connectivity index (χ0) is 13.5. The third kappa shape index (κ3) is 4.33. The minimum absolute atomic E-state index is 0.00968. The minimum atomic E-state index is -0.00968. The number of aromatic nitrogens is 1. The largest absolute Gasteiger partial charge is 0.373 e. The van der Waals surface area contributed by atoms with Crippen molar-refractivity contribution in [1.29, 1.82) is 0 Å². The number of carbonyl (C=O) groups is 1. The molecule has 1 unspecified atom stereocenters. The number of hydrogen-bond donors (Lipinski definition) is 2. The molecule has 1 heterocycles. The first-order valence-corrected chi connectivity index (χ1v) is 6.09. The lowest BCUT2D eigenvalue weighted by atomic mass is 10.1. The molecule has 1 aromatic rings. The van der Waals surface area contributed by atoms with Crippen molar-refractivity contribution in [2.24, 2.45) is 5.92 Å². The van der Waals surface area contributed by atoms with E-state index in [0.29, 0.717) is 0 Å². The number of nitrogens with zero attached hydrogens (tertiary/aromatic N) is 2. The second-order valence-electron chi connectivity index (χ2n) is 4.51. The first-order valence-electron chi connectivity index (χ1n) is 6.09. The molecular formula is C13H22N4O. The van der Waals surface area contributed by atoms with Crippen LogP contribution < -0.4 is 10.6 Å². The zero-order valence-electron chi connectivity index (χ0n) is 11.5. The Hall–Kier alpha value is -1.62. The highest BCUT2D eigenvalue weighted by Gasteiger charge is 2.13. The van der Waals surface area contributed by atoms with E-state index in [1.54, 1.807) is 7.05 Å². The Morgan fingerprint density at radius 2 is 2.17 bits per heavy atom. The van der Waals surface area contributed by atoms with Crippen LogP contribution in [0.25, 0.3) is 0 Å². The molecule has 0 saturated carbocycles. The molecule has 0 radical (unpaired) electrons. The summed E-state index contributed by atoms with van der Waals surface area (Å²) in [5, 5.41) is 5.65. The van der Waals surface area contributed by atoms with Crippen molar-refractivity contribution < 1.29 is 4.79 Å². The quantitative estimate of drug-likeness (QED) is 0.789. The number of pyridine rings is 1. The summed E-state index contributed by atoms with van der Waals surface area (Å²) in [5.41, 5.74) is 1.14. The molecule has 100 valence electrons. The summed E-state index contributed by atoms with van der Waals surface area (Å²) < 4.78 is 0. The van der Waals surface area contributed by atoms with Gasteiger partial charge in [-0.25, -0.2) is 4.98 Å². The van der Waals surface area contributed by atoms with Gasteiger partial charge in [0.25, 0.3) is 0 Å². The van der Waals surface area contributed by atoms with E-state index in [9.17, 15) is 4.79 Å². The third-order valence-corrected chi connectivity index (χ3v) is 2.81. The van der Waals surface area contributed by atoms with Gasteiger partial charge in [0.15, 0.2) is 0 Å². The summed E-state index contributed by atoms with van der Waals surface area (Å²) in [6.07, 6.45) is 1.85. The van der Waals surface area contributed by atoms with Gasteiger partial charge < -0.3 is 15.5 Å². The molecule has 5 heteroatoms. The van der Waals surface area contributed by atoms with Crippen molar-refractivity contribution in [3.8, 4) is 0 Å². The van der Waals surface area contributed by atoms with Crippen molar-refractivity contribution in [2.75, 3.05) is 33.0 Å². The standard InChI is InChI=1S/C13H22N4O/c1-10(13(18)15-3)8-17(4)9-11-5-6-12(14-2)16-7-11/h5-7,10H,8-9H2,1-4H3,(H,14,16)(H,15,18). The fourth-order valence-corrected chi connectivity index (χ4v) is 1.84. The average molecular weight is 250 g/mol. The highest BCUT2D eigenvalue weighted by atomic mass is 16.1. The summed E-state index contributed by atoms with van der Waals surface area (Å²) in [6.45, 7) is 3.45. The van der Waals surface area contributed by atoms with Gasteiger partial charge in [-0.3, -0.25) is 4.79 Å². The Morgan fingerprint density at radius 3 is 2.67 bits per heavy atom. The van der Waals surface area contributed by atoms with E-state index in [4.69, 9.17) is 0 Å². The number of anilines is 1. The van der Waals surface area contributed by atoms with Crippen molar-refractivity contribution in [2.45, 2.75) is 13.5 Å². The molecular weight excluding hydrogens is 228 g/mol. The second kappa shape index (κ2) is 6.96. The SMILES string of the molecule is CNC(=O)C(C)CN(C)Cc1ccc(NC)nc1. The van der Waals surface area contributed by atoms with E-state index in [1.807, 2.05) is 39.3 Å². The van der Waals surface area contributed by atoms with Crippen LogP contribution in [0.15, 0.2) is 18.3 Å². The molecule has 2 N–H and O–H groups in total. The van der Waals surface area contributed by atoms with Crippen molar-refractivity contribution in [1.82, 2.24) is 15.2 Å². The maximum absolute atomic E-state index is 11.4. The Labute approximate surface area is 109 Å². The Kier molecular flexibility index (Phi) is 5.58. The van der Waals surface area contributed by atoms with Gasteiger partial charge in [-0.1, -0.05) is 13.0 Å². The van der Waals surface area contributed by atoms with E-state index >= 15 is 0 Å². The number of carbonyl (C=O) groups excluding carboxylic acids is 1. The summed E-state index contributed by atoms with van der Waals surface area (Å²) in [6, 6.07) is 3.99. The van der Waals surface area contributed by atoms with Gasteiger partial charge in [-0.2, -0.15) is 0 Å². The first-order chi connectivity index (χ1) is 8.56. The van der Waals surface area contributed by atoms with Crippen LogP contribution >= 0.6 is 0 Å². The average Bonchev–Trinajstić information content (AvgIpc) is 2.38. The van der Waals surface area contributed by atoms with E-state index in [1.165, 1.54) is 0 Å². The lowest BCUT2D eigenvalue weighted by molar-refractivity contribution is -0.124. The predicted molar refractivity (Wildman–Crippen MR) is 73.3 cm³/mol. The van der Waals surface area contributed by atoms with Crippen LogP contribution in [0.4, 0.5) is 5.82 Å². The van der Waals surface area contributed by atoms with Crippen LogP contribution in [-0.2, 0) is 11.3 Å². The summed E-state index contributed by atoms with van der Waals surface area (Å²) >= 11 is 0. The van der Waals surface area contributed by atoms with E-state index < -0.39 is 0 Å². The van der Waals surface area contributed by atoms with Gasteiger partial charge >= 0.3 is 0 Å².